The maximum absolute atomic E-state index is 12.5. The molecule has 9 heteroatoms. The molecule has 0 unspecified atom stereocenters. The van der Waals surface area contributed by atoms with Crippen molar-refractivity contribution < 1.29 is 22.5 Å². The van der Waals surface area contributed by atoms with Crippen molar-refractivity contribution in [1.29, 1.82) is 0 Å². The van der Waals surface area contributed by atoms with Crippen LogP contribution in [0.1, 0.15) is 31.3 Å². The van der Waals surface area contributed by atoms with Gasteiger partial charge in [-0.2, -0.15) is 4.31 Å². The minimum absolute atomic E-state index is 0.0587. The van der Waals surface area contributed by atoms with Crippen LogP contribution in [-0.4, -0.2) is 43.5 Å². The van der Waals surface area contributed by atoms with E-state index in [-0.39, 0.29) is 16.5 Å². The standard InChI is InChI=1S/C14H18N2O5S2/c1-4-16(5-2)23(18,19)13-8-7-12(22-13)11-9-10(15-21-11)14(17)20-6-3/h7-9H,4-6H2,1-3H3. The minimum atomic E-state index is -3.51. The van der Waals surface area contributed by atoms with Gasteiger partial charge in [-0.1, -0.05) is 19.0 Å². The van der Waals surface area contributed by atoms with Crippen LogP contribution in [0.2, 0.25) is 0 Å². The highest BCUT2D eigenvalue weighted by atomic mass is 32.2. The molecule has 0 amide bonds. The molecule has 23 heavy (non-hydrogen) atoms. The SMILES string of the molecule is CCOC(=O)c1cc(-c2ccc(S(=O)(=O)N(CC)CC)s2)on1. The van der Waals surface area contributed by atoms with Crippen molar-refractivity contribution in [2.45, 2.75) is 25.0 Å². The van der Waals surface area contributed by atoms with Gasteiger partial charge in [0.1, 0.15) is 4.21 Å². The molecule has 0 aliphatic rings. The van der Waals surface area contributed by atoms with Gasteiger partial charge in [0.15, 0.2) is 11.5 Å². The number of ether oxygens (including phenoxy) is 1. The first-order chi connectivity index (χ1) is 10.9. The molecule has 0 radical (unpaired) electrons. The number of esters is 1. The van der Waals surface area contributed by atoms with E-state index < -0.39 is 16.0 Å². The Morgan fingerprint density at radius 2 is 2.00 bits per heavy atom. The van der Waals surface area contributed by atoms with E-state index in [0.29, 0.717) is 23.7 Å². The van der Waals surface area contributed by atoms with Gasteiger partial charge in [-0.05, 0) is 19.1 Å². The van der Waals surface area contributed by atoms with Crippen molar-refractivity contribution in [2.75, 3.05) is 19.7 Å². The van der Waals surface area contributed by atoms with Crippen LogP contribution >= 0.6 is 11.3 Å². The van der Waals surface area contributed by atoms with E-state index in [9.17, 15) is 13.2 Å². The molecule has 0 aliphatic carbocycles. The number of rotatable bonds is 7. The second-order valence-electron chi connectivity index (χ2n) is 4.50. The predicted octanol–water partition coefficient (Wildman–Crippen LogP) is 2.61. The van der Waals surface area contributed by atoms with E-state index in [4.69, 9.17) is 9.26 Å². The number of sulfonamides is 1. The smallest absolute Gasteiger partial charge is 0.360 e. The summed E-state index contributed by atoms with van der Waals surface area (Å²) >= 11 is 1.07. The highest BCUT2D eigenvalue weighted by Gasteiger charge is 2.25. The van der Waals surface area contributed by atoms with E-state index in [2.05, 4.69) is 5.16 Å². The van der Waals surface area contributed by atoms with Gasteiger partial charge in [-0.25, -0.2) is 13.2 Å². The molecule has 0 bridgehead atoms. The topological polar surface area (TPSA) is 89.7 Å². The Bertz CT molecular complexity index is 775. The summed E-state index contributed by atoms with van der Waals surface area (Å²) in [7, 11) is -3.51. The monoisotopic (exact) mass is 358 g/mol. The summed E-state index contributed by atoms with van der Waals surface area (Å²) in [6.45, 7) is 6.33. The highest BCUT2D eigenvalue weighted by Crippen LogP contribution is 2.32. The first kappa shape index (κ1) is 17.6. The Labute approximate surface area is 138 Å². The Morgan fingerprint density at radius 1 is 1.30 bits per heavy atom. The number of thiophene rings is 1. The third-order valence-corrected chi connectivity index (χ3v) is 6.74. The van der Waals surface area contributed by atoms with Gasteiger partial charge in [0.2, 0.25) is 0 Å². The maximum Gasteiger partial charge on any atom is 0.360 e. The van der Waals surface area contributed by atoms with Crippen LogP contribution in [-0.2, 0) is 14.8 Å². The Balaban J connectivity index is 2.28. The third-order valence-electron chi connectivity index (χ3n) is 3.12. The van der Waals surface area contributed by atoms with Gasteiger partial charge in [-0.3, -0.25) is 0 Å². The zero-order valence-electron chi connectivity index (χ0n) is 13.1. The van der Waals surface area contributed by atoms with Crippen LogP contribution in [0.25, 0.3) is 10.6 Å². The summed E-state index contributed by atoms with van der Waals surface area (Å²) in [5.74, 6) is -0.242. The minimum Gasteiger partial charge on any atom is -0.461 e. The molecule has 2 heterocycles. The highest BCUT2D eigenvalue weighted by molar-refractivity contribution is 7.91. The van der Waals surface area contributed by atoms with Crippen molar-refractivity contribution in [3.05, 3.63) is 23.9 Å². The largest absolute Gasteiger partial charge is 0.461 e. The number of aromatic nitrogens is 1. The van der Waals surface area contributed by atoms with Crippen LogP contribution in [0.15, 0.2) is 26.9 Å². The second kappa shape index (κ2) is 7.24. The zero-order valence-corrected chi connectivity index (χ0v) is 14.7. The van der Waals surface area contributed by atoms with E-state index in [1.54, 1.807) is 26.8 Å². The summed E-state index contributed by atoms with van der Waals surface area (Å²) in [4.78, 5) is 12.2. The quantitative estimate of drug-likeness (QED) is 0.707. The molecule has 7 nitrogen and oxygen atoms in total. The van der Waals surface area contributed by atoms with Crippen LogP contribution in [0.3, 0.4) is 0 Å². The fourth-order valence-corrected chi connectivity index (χ4v) is 4.84. The van der Waals surface area contributed by atoms with Gasteiger partial charge in [0.05, 0.1) is 11.5 Å². The molecule has 126 valence electrons. The van der Waals surface area contributed by atoms with E-state index in [0.717, 1.165) is 11.3 Å². The Morgan fingerprint density at radius 3 is 2.61 bits per heavy atom. The fourth-order valence-electron chi connectivity index (χ4n) is 1.97. The summed E-state index contributed by atoms with van der Waals surface area (Å²) < 4.78 is 36.5. The summed E-state index contributed by atoms with van der Waals surface area (Å²) in [5.41, 5.74) is 0.0587. The molecule has 0 atom stereocenters. The molecular formula is C14H18N2O5S2. The molecule has 0 fully saturated rings. The van der Waals surface area contributed by atoms with Crippen molar-refractivity contribution in [3.63, 3.8) is 0 Å². The van der Waals surface area contributed by atoms with Gasteiger partial charge < -0.3 is 9.26 Å². The number of carbonyl (C=O) groups excluding carboxylic acids is 1. The summed E-state index contributed by atoms with van der Waals surface area (Å²) in [5, 5.41) is 3.65. The molecule has 0 aliphatic heterocycles. The predicted molar refractivity (Wildman–Crippen MR) is 85.9 cm³/mol. The average molecular weight is 358 g/mol. The fraction of sp³-hybridized carbons (Fsp3) is 0.429. The van der Waals surface area contributed by atoms with Gasteiger partial charge >= 0.3 is 5.97 Å². The molecule has 0 aromatic carbocycles. The van der Waals surface area contributed by atoms with Crippen molar-refractivity contribution in [2.24, 2.45) is 0 Å². The first-order valence-electron chi connectivity index (χ1n) is 7.18. The average Bonchev–Trinajstić information content (AvgIpc) is 3.18. The Kier molecular flexibility index (Phi) is 5.55. The normalized spacial score (nSPS) is 11.8. The first-order valence-corrected chi connectivity index (χ1v) is 9.43. The molecule has 0 saturated heterocycles. The molecular weight excluding hydrogens is 340 g/mol. The third kappa shape index (κ3) is 3.62. The lowest BCUT2D eigenvalue weighted by molar-refractivity contribution is 0.0514. The Hall–Kier alpha value is -1.71. The maximum atomic E-state index is 12.5. The molecule has 2 rings (SSSR count). The van der Waals surface area contributed by atoms with Crippen molar-refractivity contribution in [3.8, 4) is 10.6 Å². The lowest BCUT2D eigenvalue weighted by atomic mass is 10.3. The van der Waals surface area contributed by atoms with E-state index in [1.807, 2.05) is 0 Å². The van der Waals surface area contributed by atoms with Crippen molar-refractivity contribution >= 4 is 27.3 Å². The van der Waals surface area contributed by atoms with Crippen LogP contribution in [0, 0.1) is 0 Å². The molecule has 0 spiro atoms. The number of hydrogen-bond acceptors (Lipinski definition) is 7. The molecule has 0 saturated carbocycles. The molecule has 2 aromatic heterocycles. The lowest BCUT2D eigenvalue weighted by Crippen LogP contribution is -2.29. The number of nitrogens with zero attached hydrogens (tertiary/aromatic N) is 2. The van der Waals surface area contributed by atoms with Crippen molar-refractivity contribution in [1.82, 2.24) is 9.46 Å². The van der Waals surface area contributed by atoms with E-state index >= 15 is 0 Å². The van der Waals surface area contributed by atoms with Crippen LogP contribution in [0.4, 0.5) is 0 Å². The van der Waals surface area contributed by atoms with E-state index in [1.165, 1.54) is 16.4 Å². The van der Waals surface area contributed by atoms with Crippen LogP contribution in [0.5, 0.6) is 0 Å². The van der Waals surface area contributed by atoms with Gasteiger partial charge in [0, 0.05) is 19.2 Å². The number of carbonyl (C=O) groups is 1. The lowest BCUT2D eigenvalue weighted by Gasteiger charge is -2.16. The summed E-state index contributed by atoms with van der Waals surface area (Å²) in [6.07, 6.45) is 0. The molecule has 0 N–H and O–H groups in total. The van der Waals surface area contributed by atoms with Gasteiger partial charge in [-0.15, -0.1) is 11.3 Å². The molecule has 2 aromatic rings. The zero-order chi connectivity index (χ0) is 17.0. The number of hydrogen-bond donors (Lipinski definition) is 0. The second-order valence-corrected chi connectivity index (χ2v) is 7.75. The van der Waals surface area contributed by atoms with Gasteiger partial charge in [0.25, 0.3) is 10.0 Å². The summed E-state index contributed by atoms with van der Waals surface area (Å²) in [6, 6.07) is 4.61. The van der Waals surface area contributed by atoms with Crippen LogP contribution < -0.4 is 0 Å².